The molecule has 75 heavy (non-hydrogen) atoms. The van der Waals surface area contributed by atoms with E-state index in [1.54, 1.807) is 13.8 Å². The minimum Gasteiger partial charge on any atom is -0.430 e. The Labute approximate surface area is 452 Å². The smallest absolute Gasteiger partial charge is 0.360 e. The van der Waals surface area contributed by atoms with Crippen LogP contribution in [0.4, 0.5) is 0 Å². The molecular formula is C57H64Cl3NO14. The quantitative estimate of drug-likeness (QED) is 0.0547. The van der Waals surface area contributed by atoms with E-state index >= 15 is 0 Å². The Balaban J connectivity index is 0.985. The van der Waals surface area contributed by atoms with Crippen LogP contribution in [0.2, 0.25) is 0 Å². The number of halogens is 3. The van der Waals surface area contributed by atoms with Crippen molar-refractivity contribution in [1.82, 2.24) is 0 Å². The Hall–Kier alpha value is -4.08. The monoisotopic (exact) mass is 1090 g/mol. The summed E-state index contributed by atoms with van der Waals surface area (Å²) in [5, 5.41) is 0. The number of ether oxygens (including phenoxy) is 13. The average molecular weight is 1090 g/mol. The number of fused-ring (bicyclic) bond motifs is 1. The zero-order valence-electron chi connectivity index (χ0n) is 41.9. The lowest BCUT2D eigenvalue weighted by Gasteiger charge is -2.48. The van der Waals surface area contributed by atoms with Crippen molar-refractivity contribution in [2.24, 2.45) is 5.73 Å². The summed E-state index contributed by atoms with van der Waals surface area (Å²) in [5.41, 5.74) is 11.7. The van der Waals surface area contributed by atoms with Gasteiger partial charge >= 0.3 is 5.97 Å². The van der Waals surface area contributed by atoms with Crippen molar-refractivity contribution in [3.63, 3.8) is 0 Å². The molecule has 0 radical (unpaired) electrons. The van der Waals surface area contributed by atoms with Crippen molar-refractivity contribution in [3.05, 3.63) is 179 Å². The zero-order valence-corrected chi connectivity index (χ0v) is 44.2. The van der Waals surface area contributed by atoms with Gasteiger partial charge in [-0.2, -0.15) is 0 Å². The highest BCUT2D eigenvalue weighted by molar-refractivity contribution is 6.75. The summed E-state index contributed by atoms with van der Waals surface area (Å²) in [5.74, 6) is -2.38. The molecule has 4 saturated heterocycles. The van der Waals surface area contributed by atoms with Gasteiger partial charge in [0.1, 0.15) is 48.8 Å². The highest BCUT2D eigenvalue weighted by Gasteiger charge is 2.59. The van der Waals surface area contributed by atoms with E-state index in [9.17, 15) is 4.79 Å². The molecule has 8 unspecified atom stereocenters. The summed E-state index contributed by atoms with van der Waals surface area (Å²) in [7, 11) is 0. The van der Waals surface area contributed by atoms with E-state index in [-0.39, 0.29) is 39.6 Å². The van der Waals surface area contributed by atoms with Crippen molar-refractivity contribution >= 4 is 40.8 Å². The number of esters is 1. The molecule has 2 N–H and O–H groups in total. The standard InChI is InChI=1S/C57H64Cl3NO14/c1-36-45(71-52-49(67-33-41-27-17-8-18-28-41)46(65-31-39-23-13-6-14-24-39)43(35-68-52)64-30-38-21-11-5-12-22-38)48-51(75-56(2,3)74-48)54(69-36)72-50-47(66-32-40-25-15-7-16-26-40)44(61)42(34-63-29-37-19-9-4-10-20-37)70-53(50)73-55(62)57(58,59)60/h4-28,36,42-54H,29-35,61H2,1-3H3/t36?,42-,43-,44?,45+,46?,47?,48?,49?,50?,51?,52+,53-,54+/m1/s1. The van der Waals surface area contributed by atoms with E-state index in [0.29, 0.717) is 6.61 Å². The van der Waals surface area contributed by atoms with Crippen molar-refractivity contribution in [1.29, 1.82) is 0 Å². The molecular weight excluding hydrogens is 1030 g/mol. The maximum absolute atomic E-state index is 13.4. The van der Waals surface area contributed by atoms with Crippen molar-refractivity contribution in [3.8, 4) is 0 Å². The second-order valence-electron chi connectivity index (χ2n) is 19.3. The number of benzene rings is 5. The first-order chi connectivity index (χ1) is 36.3. The van der Waals surface area contributed by atoms with Crippen molar-refractivity contribution < 1.29 is 66.4 Å². The number of hydrogen-bond donors (Lipinski definition) is 1. The maximum Gasteiger partial charge on any atom is 0.360 e. The Morgan fingerprint density at radius 3 is 1.53 bits per heavy atom. The number of hydrogen-bond acceptors (Lipinski definition) is 15. The van der Waals surface area contributed by atoms with E-state index in [2.05, 4.69) is 0 Å². The minimum atomic E-state index is -2.48. The summed E-state index contributed by atoms with van der Waals surface area (Å²) in [6.07, 6.45) is -12.4. The lowest BCUT2D eigenvalue weighted by Crippen LogP contribution is -2.67. The van der Waals surface area contributed by atoms with Gasteiger partial charge in [0.2, 0.25) is 6.29 Å². The Kier molecular flexibility index (Phi) is 19.3. The fraction of sp³-hybridized carbons (Fsp3) is 0.456. The number of alkyl halides is 3. The van der Waals surface area contributed by atoms with Gasteiger partial charge in [-0.25, -0.2) is 4.79 Å². The molecule has 5 aromatic carbocycles. The van der Waals surface area contributed by atoms with Gasteiger partial charge in [0.25, 0.3) is 3.79 Å². The molecule has 0 aromatic heterocycles. The van der Waals surface area contributed by atoms with Crippen molar-refractivity contribution in [2.45, 2.75) is 149 Å². The minimum absolute atomic E-state index is 0.0149. The first-order valence-corrected chi connectivity index (χ1v) is 26.3. The van der Waals surface area contributed by atoms with Gasteiger partial charge in [-0.3, -0.25) is 0 Å². The highest BCUT2D eigenvalue weighted by atomic mass is 35.6. The van der Waals surface area contributed by atoms with Crippen LogP contribution in [0.1, 0.15) is 48.6 Å². The van der Waals surface area contributed by atoms with Crippen LogP contribution >= 0.6 is 34.8 Å². The van der Waals surface area contributed by atoms with Gasteiger partial charge in [0, 0.05) is 0 Å². The van der Waals surface area contributed by atoms with Gasteiger partial charge in [-0.1, -0.05) is 186 Å². The molecule has 0 bridgehead atoms. The molecule has 402 valence electrons. The lowest BCUT2D eigenvalue weighted by atomic mass is 9.95. The number of carbonyl (C=O) groups excluding carboxylic acids is 1. The molecule has 4 heterocycles. The SMILES string of the molecule is CC1O[C@@H](OC2C(OCc3ccccc3)C(N)[C@@H](COCc3ccccc3)O[C@@H]2OC(=O)C(Cl)(Cl)Cl)C2OC(C)(C)OC2[C@H]1O[C@@H]1OC[C@@H](OCc2ccccc2)C(OCc2ccccc2)C1OCc1ccccc1. The van der Waals surface area contributed by atoms with Gasteiger partial charge in [-0.15, -0.1) is 0 Å². The lowest BCUT2D eigenvalue weighted by molar-refractivity contribution is -0.364. The summed E-state index contributed by atoms with van der Waals surface area (Å²) < 4.78 is 83.3. The Bertz CT molecular complexity index is 2500. The highest BCUT2D eigenvalue weighted by Crippen LogP contribution is 2.42. The molecule has 4 aliphatic rings. The molecule has 4 aliphatic heterocycles. The van der Waals surface area contributed by atoms with Crippen LogP contribution in [0.15, 0.2) is 152 Å². The van der Waals surface area contributed by atoms with Crippen LogP contribution in [0.5, 0.6) is 0 Å². The number of carbonyl (C=O) groups is 1. The van der Waals surface area contributed by atoms with E-state index < -0.39 is 102 Å². The first kappa shape index (κ1) is 55.7. The Morgan fingerprint density at radius 1 is 0.560 bits per heavy atom. The number of nitrogens with two attached hydrogens (primary N) is 1. The van der Waals surface area contributed by atoms with Crippen LogP contribution in [0.25, 0.3) is 0 Å². The molecule has 0 spiro atoms. The van der Waals surface area contributed by atoms with Crippen molar-refractivity contribution in [2.75, 3.05) is 13.2 Å². The summed E-state index contributed by atoms with van der Waals surface area (Å²) in [6.45, 7) is 6.67. The molecule has 4 fully saturated rings. The summed E-state index contributed by atoms with van der Waals surface area (Å²) in [6, 6.07) is 47.9. The molecule has 0 amide bonds. The van der Waals surface area contributed by atoms with Gasteiger partial charge < -0.3 is 67.3 Å². The van der Waals surface area contributed by atoms with E-state index in [4.69, 9.17) is 102 Å². The largest absolute Gasteiger partial charge is 0.430 e. The molecule has 9 rings (SSSR count). The third-order valence-electron chi connectivity index (χ3n) is 13.3. The summed E-state index contributed by atoms with van der Waals surface area (Å²) >= 11 is 18.3. The molecule has 5 aromatic rings. The normalized spacial score (nSPS) is 30.6. The second-order valence-corrected chi connectivity index (χ2v) is 21.6. The third kappa shape index (κ3) is 14.9. The molecule has 0 saturated carbocycles. The average Bonchev–Trinajstić information content (AvgIpc) is 3.75. The van der Waals surface area contributed by atoms with Gasteiger partial charge in [0.05, 0.1) is 58.4 Å². The van der Waals surface area contributed by atoms with Crippen LogP contribution in [0.3, 0.4) is 0 Å². The van der Waals surface area contributed by atoms with Crippen LogP contribution in [0, 0.1) is 0 Å². The fourth-order valence-corrected chi connectivity index (χ4v) is 9.67. The van der Waals surface area contributed by atoms with Crippen LogP contribution in [-0.4, -0.2) is 115 Å². The third-order valence-corrected chi connectivity index (χ3v) is 13.7. The van der Waals surface area contributed by atoms with E-state index in [0.717, 1.165) is 27.8 Å². The van der Waals surface area contributed by atoms with E-state index in [1.165, 1.54) is 0 Å². The first-order valence-electron chi connectivity index (χ1n) is 25.1. The molecule has 15 nitrogen and oxygen atoms in total. The Morgan fingerprint density at radius 2 is 1.01 bits per heavy atom. The van der Waals surface area contributed by atoms with Gasteiger partial charge in [-0.05, 0) is 48.6 Å². The number of rotatable bonds is 21. The predicted molar refractivity (Wildman–Crippen MR) is 277 cm³/mol. The molecule has 18 heteroatoms. The summed E-state index contributed by atoms with van der Waals surface area (Å²) in [4.78, 5) is 13.4. The topological polar surface area (TPSA) is 163 Å². The maximum atomic E-state index is 13.4. The molecule has 14 atom stereocenters. The predicted octanol–water partition coefficient (Wildman–Crippen LogP) is 8.90. The van der Waals surface area contributed by atoms with E-state index in [1.807, 2.05) is 159 Å². The second kappa shape index (κ2) is 26.0. The zero-order chi connectivity index (χ0) is 52.4. The molecule has 0 aliphatic carbocycles. The fourth-order valence-electron chi connectivity index (χ4n) is 9.54. The van der Waals surface area contributed by atoms with Gasteiger partial charge in [0.15, 0.2) is 24.5 Å². The van der Waals surface area contributed by atoms with Crippen LogP contribution in [-0.2, 0) is 99.4 Å². The van der Waals surface area contributed by atoms with Crippen LogP contribution < -0.4 is 5.73 Å².